The first kappa shape index (κ1) is 16.5. The van der Waals surface area contributed by atoms with E-state index in [0.717, 1.165) is 6.08 Å². The van der Waals surface area contributed by atoms with Crippen molar-refractivity contribution in [1.29, 1.82) is 0 Å². The summed E-state index contributed by atoms with van der Waals surface area (Å²) in [5, 5.41) is 0. The molecule has 1 aliphatic rings. The number of cyclic esters (lactones) is 1. The van der Waals surface area contributed by atoms with Crippen LogP contribution in [0.2, 0.25) is 0 Å². The van der Waals surface area contributed by atoms with Crippen molar-refractivity contribution in [3.05, 3.63) is 41.7 Å². The van der Waals surface area contributed by atoms with E-state index >= 15 is 0 Å². The maximum Gasteiger partial charge on any atom is 0.329 e. The summed E-state index contributed by atoms with van der Waals surface area (Å²) < 4.78 is 15.1. The van der Waals surface area contributed by atoms with Crippen LogP contribution < -0.4 is 9.47 Å². The first-order valence-electron chi connectivity index (χ1n) is 6.84. The quantitative estimate of drug-likeness (QED) is 0.469. The molecule has 2 rings (SSSR count). The third kappa shape index (κ3) is 3.66. The van der Waals surface area contributed by atoms with Crippen LogP contribution in [0.15, 0.2) is 36.1 Å². The molecular weight excluding hydrogens is 300 g/mol. The Kier molecular flexibility index (Phi) is 4.95. The Morgan fingerprint density at radius 1 is 1.22 bits per heavy atom. The van der Waals surface area contributed by atoms with Crippen LogP contribution in [-0.2, 0) is 19.1 Å². The van der Waals surface area contributed by atoms with Crippen molar-refractivity contribution in [2.45, 2.75) is 6.92 Å². The first-order chi connectivity index (χ1) is 11.0. The molecule has 6 nitrogen and oxygen atoms in total. The van der Waals surface area contributed by atoms with Crippen molar-refractivity contribution in [3.63, 3.8) is 0 Å². The number of methoxy groups -OCH3 is 2. The Labute approximate surface area is 133 Å². The number of hydrogen-bond donors (Lipinski definition) is 0. The molecule has 0 aromatic heterocycles. The predicted molar refractivity (Wildman–Crippen MR) is 81.9 cm³/mol. The van der Waals surface area contributed by atoms with Crippen LogP contribution in [0, 0.1) is 5.92 Å². The Morgan fingerprint density at radius 3 is 2.57 bits per heavy atom. The average molecular weight is 316 g/mol. The lowest BCUT2D eigenvalue weighted by molar-refractivity contribution is -0.151. The van der Waals surface area contributed by atoms with E-state index < -0.39 is 23.5 Å². The molecule has 1 atom stereocenters. The Morgan fingerprint density at radius 2 is 1.96 bits per heavy atom. The van der Waals surface area contributed by atoms with E-state index in [1.54, 1.807) is 18.2 Å². The zero-order chi connectivity index (χ0) is 17.0. The lowest BCUT2D eigenvalue weighted by Crippen LogP contribution is -2.34. The molecule has 0 saturated carbocycles. The zero-order valence-corrected chi connectivity index (χ0v) is 13.0. The van der Waals surface area contributed by atoms with Gasteiger partial charge in [0.1, 0.15) is 17.3 Å². The minimum atomic E-state index is -1.45. The molecule has 0 spiro atoms. The number of allylic oxidation sites excluding steroid dienone is 3. The van der Waals surface area contributed by atoms with Crippen molar-refractivity contribution in [2.24, 2.45) is 5.92 Å². The normalized spacial score (nSPS) is 17.7. The van der Waals surface area contributed by atoms with E-state index in [9.17, 15) is 14.4 Å². The maximum atomic E-state index is 12.1. The summed E-state index contributed by atoms with van der Waals surface area (Å²) in [6, 6.07) is 5.07. The molecule has 0 amide bonds. The monoisotopic (exact) mass is 316 g/mol. The van der Waals surface area contributed by atoms with E-state index in [1.165, 1.54) is 33.3 Å². The molecule has 23 heavy (non-hydrogen) atoms. The number of hydrogen-bond acceptors (Lipinski definition) is 6. The molecule has 1 aromatic rings. The number of ketones is 2. The van der Waals surface area contributed by atoms with Crippen LogP contribution >= 0.6 is 0 Å². The second-order valence-corrected chi connectivity index (χ2v) is 4.86. The molecule has 0 fully saturated rings. The summed E-state index contributed by atoms with van der Waals surface area (Å²) in [6.45, 7) is 1.48. The van der Waals surface area contributed by atoms with Gasteiger partial charge in [-0.3, -0.25) is 14.4 Å². The van der Waals surface area contributed by atoms with Crippen molar-refractivity contribution in [2.75, 3.05) is 14.2 Å². The van der Waals surface area contributed by atoms with E-state index in [-0.39, 0.29) is 5.76 Å². The van der Waals surface area contributed by atoms with E-state index in [2.05, 4.69) is 0 Å². The summed E-state index contributed by atoms with van der Waals surface area (Å²) in [4.78, 5) is 35.6. The van der Waals surface area contributed by atoms with Gasteiger partial charge in [0.05, 0.1) is 14.2 Å². The summed E-state index contributed by atoms with van der Waals surface area (Å²) >= 11 is 0. The fourth-order valence-corrected chi connectivity index (χ4v) is 2.13. The summed E-state index contributed by atoms with van der Waals surface area (Å²) in [5.74, 6) is -2.22. The topological polar surface area (TPSA) is 78.9 Å². The van der Waals surface area contributed by atoms with Crippen LogP contribution in [0.4, 0.5) is 0 Å². The van der Waals surface area contributed by atoms with Crippen molar-refractivity contribution in [1.82, 2.24) is 0 Å². The van der Waals surface area contributed by atoms with Crippen molar-refractivity contribution in [3.8, 4) is 11.5 Å². The Balaban J connectivity index is 2.22. The highest BCUT2D eigenvalue weighted by Gasteiger charge is 2.36. The lowest BCUT2D eigenvalue weighted by Gasteiger charge is -2.15. The molecule has 1 aromatic carbocycles. The molecule has 0 bridgehead atoms. The van der Waals surface area contributed by atoms with Gasteiger partial charge in [0.15, 0.2) is 17.5 Å². The molecule has 0 saturated heterocycles. The van der Waals surface area contributed by atoms with Crippen LogP contribution in [0.25, 0.3) is 6.08 Å². The number of carbonyl (C=O) groups is 3. The SMILES string of the molecule is COc1ccc(/C=C/C(=O)C2C(=O)C=C(C)OC2=O)c(OC)c1. The molecule has 120 valence electrons. The van der Waals surface area contributed by atoms with Crippen molar-refractivity contribution >= 4 is 23.6 Å². The average Bonchev–Trinajstić information content (AvgIpc) is 2.51. The standard InChI is InChI=1S/C17H16O6/c1-10-8-14(19)16(17(20)23-10)13(18)7-5-11-4-6-12(21-2)9-15(11)22-3/h4-9,16H,1-3H3/b7-5+. The molecule has 6 heteroatoms. The van der Waals surface area contributed by atoms with Gasteiger partial charge < -0.3 is 14.2 Å². The fraction of sp³-hybridized carbons (Fsp3) is 0.235. The maximum absolute atomic E-state index is 12.1. The summed E-state index contributed by atoms with van der Waals surface area (Å²) in [6.07, 6.45) is 3.79. The molecule has 0 radical (unpaired) electrons. The molecule has 0 N–H and O–H groups in total. The first-order valence-corrected chi connectivity index (χ1v) is 6.84. The van der Waals surface area contributed by atoms with E-state index in [4.69, 9.17) is 14.2 Å². The van der Waals surface area contributed by atoms with Crippen LogP contribution in [0.1, 0.15) is 12.5 Å². The van der Waals surface area contributed by atoms with Crippen molar-refractivity contribution < 1.29 is 28.6 Å². The van der Waals surface area contributed by atoms with Gasteiger partial charge in [-0.2, -0.15) is 0 Å². The Bertz CT molecular complexity index is 714. The second-order valence-electron chi connectivity index (χ2n) is 4.86. The highest BCUT2D eigenvalue weighted by atomic mass is 16.5. The summed E-state index contributed by atoms with van der Waals surface area (Å²) in [7, 11) is 3.02. The second kappa shape index (κ2) is 6.91. The largest absolute Gasteiger partial charge is 0.497 e. The van der Waals surface area contributed by atoms with Gasteiger partial charge in [-0.1, -0.05) is 0 Å². The highest BCUT2D eigenvalue weighted by Crippen LogP contribution is 2.26. The van der Waals surface area contributed by atoms with Crippen LogP contribution in [0.5, 0.6) is 11.5 Å². The molecule has 0 aliphatic carbocycles. The predicted octanol–water partition coefficient (Wildman–Crippen LogP) is 1.93. The van der Waals surface area contributed by atoms with Crippen LogP contribution in [-0.4, -0.2) is 31.8 Å². The molecular formula is C17H16O6. The van der Waals surface area contributed by atoms with Crippen LogP contribution in [0.3, 0.4) is 0 Å². The van der Waals surface area contributed by atoms with Gasteiger partial charge in [0, 0.05) is 17.7 Å². The summed E-state index contributed by atoms with van der Waals surface area (Å²) in [5.41, 5.74) is 0.616. The third-order valence-electron chi connectivity index (χ3n) is 3.28. The van der Waals surface area contributed by atoms with E-state index in [1.807, 2.05) is 0 Å². The number of benzene rings is 1. The number of carbonyl (C=O) groups excluding carboxylic acids is 3. The zero-order valence-electron chi connectivity index (χ0n) is 13.0. The van der Waals surface area contributed by atoms with Gasteiger partial charge in [-0.15, -0.1) is 0 Å². The molecule has 1 unspecified atom stereocenters. The Hall–Kier alpha value is -2.89. The number of ether oxygens (including phenoxy) is 3. The van der Waals surface area contributed by atoms with Gasteiger partial charge in [-0.05, 0) is 31.2 Å². The smallest absolute Gasteiger partial charge is 0.329 e. The van der Waals surface area contributed by atoms with Gasteiger partial charge >= 0.3 is 5.97 Å². The minimum Gasteiger partial charge on any atom is -0.497 e. The van der Waals surface area contributed by atoms with E-state index in [0.29, 0.717) is 17.1 Å². The van der Waals surface area contributed by atoms with Gasteiger partial charge in [0.25, 0.3) is 0 Å². The number of esters is 1. The highest BCUT2D eigenvalue weighted by molar-refractivity contribution is 6.25. The lowest BCUT2D eigenvalue weighted by atomic mass is 9.96. The molecule has 1 aliphatic heterocycles. The fourth-order valence-electron chi connectivity index (χ4n) is 2.13. The number of rotatable bonds is 5. The van der Waals surface area contributed by atoms with Gasteiger partial charge in [-0.25, -0.2) is 0 Å². The third-order valence-corrected chi connectivity index (χ3v) is 3.28. The van der Waals surface area contributed by atoms with Gasteiger partial charge in [0.2, 0.25) is 0 Å². The minimum absolute atomic E-state index is 0.185. The molecule has 1 heterocycles.